The van der Waals surface area contributed by atoms with Crippen molar-refractivity contribution in [2.45, 2.75) is 6.10 Å². The minimum Gasteiger partial charge on any atom is -0.391 e. The number of hydrogen-bond acceptors (Lipinski definition) is 4. The van der Waals surface area contributed by atoms with Gasteiger partial charge in [0.15, 0.2) is 0 Å². The summed E-state index contributed by atoms with van der Waals surface area (Å²) in [5.41, 5.74) is 1.32. The maximum absolute atomic E-state index is 12.2. The zero-order valence-corrected chi connectivity index (χ0v) is 10.4. The first-order chi connectivity index (χ1) is 9.25. The smallest absolute Gasteiger partial charge is 0.253 e. The first-order valence-corrected chi connectivity index (χ1v) is 6.35. The van der Waals surface area contributed by atoms with Crippen LogP contribution in [-0.4, -0.2) is 46.9 Å². The zero-order valence-electron chi connectivity index (χ0n) is 10.4. The number of nitrogens with zero attached hydrogens (tertiary/aromatic N) is 1. The van der Waals surface area contributed by atoms with E-state index < -0.39 is 0 Å². The molecule has 4 N–H and O–H groups in total. The van der Waals surface area contributed by atoms with E-state index >= 15 is 0 Å². The number of aliphatic hydroxyl groups is 1. The molecule has 0 aliphatic carbocycles. The summed E-state index contributed by atoms with van der Waals surface area (Å²) in [6, 6.07) is 5.50. The Morgan fingerprint density at radius 3 is 3.16 bits per heavy atom. The monoisotopic (exact) mass is 260 g/mol. The van der Waals surface area contributed by atoms with E-state index in [1.165, 1.54) is 0 Å². The first-order valence-electron chi connectivity index (χ1n) is 6.35. The number of carbonyl (C=O) groups is 1. The Balaban J connectivity index is 1.71. The minimum atomic E-state index is -0.386. The average Bonchev–Trinajstić information content (AvgIpc) is 3.04. The minimum absolute atomic E-state index is 0.0740. The van der Waals surface area contributed by atoms with Gasteiger partial charge >= 0.3 is 0 Å². The third kappa shape index (κ3) is 2.32. The Hall–Kier alpha value is -1.92. The Morgan fingerprint density at radius 1 is 1.47 bits per heavy atom. The van der Waals surface area contributed by atoms with Gasteiger partial charge in [-0.05, 0) is 6.07 Å². The molecule has 0 radical (unpaired) electrons. The third-order valence-electron chi connectivity index (χ3n) is 3.55. The highest BCUT2D eigenvalue weighted by Gasteiger charge is 2.25. The number of aliphatic hydroxyl groups excluding tert-OH is 1. The van der Waals surface area contributed by atoms with Crippen LogP contribution < -0.4 is 10.6 Å². The van der Waals surface area contributed by atoms with Crippen molar-refractivity contribution in [1.82, 2.24) is 20.8 Å². The summed E-state index contributed by atoms with van der Waals surface area (Å²) < 4.78 is 0. The molecule has 0 saturated carbocycles. The van der Waals surface area contributed by atoms with E-state index in [4.69, 9.17) is 0 Å². The van der Waals surface area contributed by atoms with Crippen LogP contribution in [0.15, 0.2) is 24.4 Å². The van der Waals surface area contributed by atoms with Gasteiger partial charge in [0.2, 0.25) is 0 Å². The van der Waals surface area contributed by atoms with E-state index in [9.17, 15) is 9.90 Å². The normalized spacial score (nSPS) is 22.8. The van der Waals surface area contributed by atoms with Crippen molar-refractivity contribution in [2.75, 3.05) is 19.6 Å². The molecule has 2 atom stereocenters. The van der Waals surface area contributed by atoms with Crippen molar-refractivity contribution < 1.29 is 9.90 Å². The van der Waals surface area contributed by atoms with Gasteiger partial charge in [0.1, 0.15) is 0 Å². The molecule has 1 aliphatic heterocycles. The molecule has 1 aromatic heterocycles. The molecule has 3 rings (SSSR count). The molecule has 2 unspecified atom stereocenters. The molecular weight excluding hydrogens is 244 g/mol. The molecule has 1 fully saturated rings. The molecule has 0 bridgehead atoms. The van der Waals surface area contributed by atoms with E-state index in [0.717, 1.165) is 17.4 Å². The van der Waals surface area contributed by atoms with Crippen LogP contribution in [0.1, 0.15) is 10.4 Å². The molecule has 0 spiro atoms. The van der Waals surface area contributed by atoms with Crippen LogP contribution in [0.3, 0.4) is 0 Å². The fraction of sp³-hybridized carbons (Fsp3) is 0.385. The lowest BCUT2D eigenvalue weighted by atomic mass is 10.1. The van der Waals surface area contributed by atoms with E-state index in [0.29, 0.717) is 18.7 Å². The van der Waals surface area contributed by atoms with Crippen LogP contribution in [0.4, 0.5) is 0 Å². The number of aromatic nitrogens is 2. The Morgan fingerprint density at radius 2 is 2.37 bits per heavy atom. The SMILES string of the molecule is O=C(NCC1CNCC1O)c1cccc2cn[nH]c12. The van der Waals surface area contributed by atoms with Gasteiger partial charge in [-0.2, -0.15) is 5.10 Å². The van der Waals surface area contributed by atoms with Gasteiger partial charge < -0.3 is 15.7 Å². The fourth-order valence-electron chi connectivity index (χ4n) is 2.40. The van der Waals surface area contributed by atoms with Crippen molar-refractivity contribution in [3.63, 3.8) is 0 Å². The van der Waals surface area contributed by atoms with Crippen LogP contribution in [0.5, 0.6) is 0 Å². The molecule has 19 heavy (non-hydrogen) atoms. The van der Waals surface area contributed by atoms with Gasteiger partial charge in [0, 0.05) is 30.9 Å². The van der Waals surface area contributed by atoms with Crippen molar-refractivity contribution in [2.24, 2.45) is 5.92 Å². The quantitative estimate of drug-likeness (QED) is 0.619. The molecule has 100 valence electrons. The molecule has 6 heteroatoms. The maximum Gasteiger partial charge on any atom is 0.253 e. The summed E-state index contributed by atoms with van der Waals surface area (Å²) >= 11 is 0. The molecule has 1 amide bonds. The summed E-state index contributed by atoms with van der Waals surface area (Å²) in [6.07, 6.45) is 1.31. The molecule has 2 heterocycles. The zero-order chi connectivity index (χ0) is 13.2. The van der Waals surface area contributed by atoms with Gasteiger partial charge in [-0.3, -0.25) is 9.89 Å². The van der Waals surface area contributed by atoms with Crippen molar-refractivity contribution in [3.05, 3.63) is 30.0 Å². The number of β-amino-alcohol motifs (C(OH)–C–C–N with tert-alkyl or cyclic N) is 1. The standard InChI is InChI=1S/C13H16N4O2/c18-11-7-14-4-9(11)5-15-13(19)10-3-1-2-8-6-16-17-12(8)10/h1-3,6,9,11,14,18H,4-5,7H2,(H,15,19)(H,16,17). The van der Waals surface area contributed by atoms with E-state index in [1.54, 1.807) is 12.3 Å². The van der Waals surface area contributed by atoms with Crippen molar-refractivity contribution in [3.8, 4) is 0 Å². The lowest BCUT2D eigenvalue weighted by Gasteiger charge is -2.14. The molecular formula is C13H16N4O2. The average molecular weight is 260 g/mol. The Bertz CT molecular complexity index is 595. The number of fused-ring (bicyclic) bond motifs is 1. The summed E-state index contributed by atoms with van der Waals surface area (Å²) in [5.74, 6) is -0.0705. The summed E-state index contributed by atoms with van der Waals surface area (Å²) in [5, 5.41) is 23.3. The maximum atomic E-state index is 12.2. The number of benzene rings is 1. The number of aromatic amines is 1. The molecule has 6 nitrogen and oxygen atoms in total. The number of H-pyrrole nitrogens is 1. The summed E-state index contributed by atoms with van der Waals surface area (Å²) in [7, 11) is 0. The summed E-state index contributed by atoms with van der Waals surface area (Å²) in [4.78, 5) is 12.2. The van der Waals surface area contributed by atoms with Gasteiger partial charge in [0.05, 0.1) is 23.4 Å². The number of carbonyl (C=O) groups excluding carboxylic acids is 1. The van der Waals surface area contributed by atoms with E-state index in [-0.39, 0.29) is 17.9 Å². The number of amides is 1. The van der Waals surface area contributed by atoms with Crippen LogP contribution in [0.25, 0.3) is 10.9 Å². The largest absolute Gasteiger partial charge is 0.391 e. The van der Waals surface area contributed by atoms with E-state index in [1.807, 2.05) is 12.1 Å². The number of nitrogens with one attached hydrogen (secondary N) is 3. The van der Waals surface area contributed by atoms with Crippen molar-refractivity contribution in [1.29, 1.82) is 0 Å². The molecule has 1 saturated heterocycles. The molecule has 1 aromatic carbocycles. The first kappa shape index (κ1) is 12.1. The number of hydrogen-bond donors (Lipinski definition) is 4. The van der Waals surface area contributed by atoms with Crippen molar-refractivity contribution >= 4 is 16.8 Å². The second-order valence-corrected chi connectivity index (χ2v) is 4.84. The van der Waals surface area contributed by atoms with Crippen LogP contribution >= 0.6 is 0 Å². The Labute approximate surface area is 110 Å². The van der Waals surface area contributed by atoms with Crippen LogP contribution in [0, 0.1) is 5.92 Å². The summed E-state index contributed by atoms with van der Waals surface area (Å²) in [6.45, 7) is 1.80. The number of rotatable bonds is 3. The van der Waals surface area contributed by atoms with E-state index in [2.05, 4.69) is 20.8 Å². The lowest BCUT2D eigenvalue weighted by Crippen LogP contribution is -2.34. The highest BCUT2D eigenvalue weighted by atomic mass is 16.3. The van der Waals surface area contributed by atoms with Gasteiger partial charge in [-0.25, -0.2) is 0 Å². The highest BCUT2D eigenvalue weighted by molar-refractivity contribution is 6.05. The highest BCUT2D eigenvalue weighted by Crippen LogP contribution is 2.15. The van der Waals surface area contributed by atoms with Gasteiger partial charge in [-0.1, -0.05) is 12.1 Å². The predicted molar refractivity (Wildman–Crippen MR) is 70.8 cm³/mol. The van der Waals surface area contributed by atoms with Gasteiger partial charge in [-0.15, -0.1) is 0 Å². The lowest BCUT2D eigenvalue weighted by molar-refractivity contribution is 0.0928. The molecule has 2 aromatic rings. The fourth-order valence-corrected chi connectivity index (χ4v) is 2.40. The number of para-hydroxylation sites is 1. The molecule has 1 aliphatic rings. The topological polar surface area (TPSA) is 90.0 Å². The van der Waals surface area contributed by atoms with Crippen LogP contribution in [0.2, 0.25) is 0 Å². The third-order valence-corrected chi connectivity index (χ3v) is 3.55. The second-order valence-electron chi connectivity index (χ2n) is 4.84. The predicted octanol–water partition coefficient (Wildman–Crippen LogP) is -0.127. The second kappa shape index (κ2) is 4.99. The van der Waals surface area contributed by atoms with Crippen LogP contribution in [-0.2, 0) is 0 Å². The van der Waals surface area contributed by atoms with Gasteiger partial charge in [0.25, 0.3) is 5.91 Å². The Kier molecular flexibility index (Phi) is 3.18.